The number of carbonyl (C=O) groups is 3. The summed E-state index contributed by atoms with van der Waals surface area (Å²) in [5, 5.41) is 33.7. The average Bonchev–Trinajstić information content (AvgIpc) is 3.25. The lowest BCUT2D eigenvalue weighted by atomic mass is 9.59. The van der Waals surface area contributed by atoms with Crippen molar-refractivity contribution in [3.8, 4) is 0 Å². The first-order chi connectivity index (χ1) is 18.1. The third kappa shape index (κ3) is 6.50. The van der Waals surface area contributed by atoms with Crippen LogP contribution < -0.4 is 0 Å². The van der Waals surface area contributed by atoms with E-state index < -0.39 is 59.6 Å². The SMILES string of the molecule is C=C1[C@@H]2[C@@H]3O[C@H]([C@@H]2[C@@H]([C@H](C)CCOC(C)=O)C[C@@H]1OC(C)=O)[C@](C)(OC(=O)CCC)CC[C@H](O)[C@@](C)(O)[C@H]3O. The highest BCUT2D eigenvalue weighted by Crippen LogP contribution is 2.57. The molecule has 222 valence electrons. The predicted molar refractivity (Wildman–Crippen MR) is 140 cm³/mol. The minimum absolute atomic E-state index is 0.0327. The first kappa shape index (κ1) is 31.5. The number of aliphatic hydroxyl groups is 3. The zero-order valence-electron chi connectivity index (χ0n) is 24.1. The van der Waals surface area contributed by atoms with Crippen LogP contribution in [0.15, 0.2) is 12.2 Å². The van der Waals surface area contributed by atoms with Crippen LogP contribution in [-0.2, 0) is 33.3 Å². The molecule has 10 nitrogen and oxygen atoms in total. The van der Waals surface area contributed by atoms with Crippen LogP contribution in [-0.4, -0.2) is 81.6 Å². The zero-order valence-corrected chi connectivity index (χ0v) is 24.1. The van der Waals surface area contributed by atoms with Gasteiger partial charge in [-0.2, -0.15) is 0 Å². The van der Waals surface area contributed by atoms with Gasteiger partial charge in [0, 0.05) is 32.1 Å². The molecular weight excluding hydrogens is 508 g/mol. The second-order valence-electron chi connectivity index (χ2n) is 12.1. The molecule has 3 fully saturated rings. The second kappa shape index (κ2) is 12.2. The van der Waals surface area contributed by atoms with Crippen molar-refractivity contribution in [3.05, 3.63) is 12.2 Å². The van der Waals surface area contributed by atoms with E-state index in [2.05, 4.69) is 6.58 Å². The summed E-state index contributed by atoms with van der Waals surface area (Å²) in [4.78, 5) is 36.2. The Morgan fingerprint density at radius 3 is 2.44 bits per heavy atom. The van der Waals surface area contributed by atoms with Crippen LogP contribution in [0, 0.1) is 23.7 Å². The Kier molecular flexibility index (Phi) is 9.89. The summed E-state index contributed by atoms with van der Waals surface area (Å²) >= 11 is 0. The van der Waals surface area contributed by atoms with Crippen molar-refractivity contribution in [2.45, 2.75) is 122 Å². The number of aliphatic hydroxyl groups excluding tert-OH is 2. The van der Waals surface area contributed by atoms with Gasteiger partial charge >= 0.3 is 17.9 Å². The Balaban J connectivity index is 2.12. The topological polar surface area (TPSA) is 149 Å². The van der Waals surface area contributed by atoms with Gasteiger partial charge < -0.3 is 34.3 Å². The lowest BCUT2D eigenvalue weighted by Gasteiger charge is -2.48. The minimum atomic E-state index is -1.92. The third-order valence-corrected chi connectivity index (χ3v) is 9.06. The first-order valence-corrected chi connectivity index (χ1v) is 14.1. The molecule has 0 amide bonds. The maximum Gasteiger partial charge on any atom is 0.306 e. The van der Waals surface area contributed by atoms with Crippen LogP contribution in [0.5, 0.6) is 0 Å². The number of ether oxygens (including phenoxy) is 4. The number of carbonyl (C=O) groups excluding carboxylic acids is 3. The molecule has 3 aliphatic rings. The standard InChI is InChI=1S/C29H46O10/c1-8-9-22(33)39-28(6)12-10-21(32)29(7,35)26(34)25-23-16(3)20(37-18(5)31)14-19(24(23)27(28)38-25)15(2)11-13-36-17(4)30/h15,19-21,23-27,32,34-35H,3,8-14H2,1-2,4-7H3/t15-,19-,20+,21+,23+,24-,25+,26+,27-,28-,29-/m1/s1. The van der Waals surface area contributed by atoms with Gasteiger partial charge in [-0.15, -0.1) is 0 Å². The fourth-order valence-corrected chi connectivity index (χ4v) is 6.84. The summed E-state index contributed by atoms with van der Waals surface area (Å²) in [5.74, 6) is -2.31. The van der Waals surface area contributed by atoms with Gasteiger partial charge in [0.2, 0.25) is 0 Å². The van der Waals surface area contributed by atoms with Gasteiger partial charge in [-0.1, -0.05) is 20.4 Å². The molecule has 0 aromatic heterocycles. The van der Waals surface area contributed by atoms with E-state index in [-0.39, 0.29) is 49.6 Å². The van der Waals surface area contributed by atoms with Crippen LogP contribution >= 0.6 is 0 Å². The summed E-state index contributed by atoms with van der Waals surface area (Å²) < 4.78 is 23.5. The number of hydrogen-bond acceptors (Lipinski definition) is 10. The van der Waals surface area contributed by atoms with Crippen molar-refractivity contribution in [3.63, 3.8) is 0 Å². The highest BCUT2D eigenvalue weighted by Gasteiger charge is 2.64. The molecule has 2 aliphatic heterocycles. The molecule has 2 saturated heterocycles. The molecule has 39 heavy (non-hydrogen) atoms. The van der Waals surface area contributed by atoms with Gasteiger partial charge in [0.25, 0.3) is 0 Å². The highest BCUT2D eigenvalue weighted by molar-refractivity contribution is 5.70. The fourth-order valence-electron chi connectivity index (χ4n) is 6.84. The number of rotatable bonds is 8. The molecule has 0 spiro atoms. The van der Waals surface area contributed by atoms with Gasteiger partial charge in [-0.05, 0) is 63.4 Å². The molecule has 0 aromatic carbocycles. The number of fused-ring (bicyclic) bond motifs is 5. The molecule has 1 saturated carbocycles. The largest absolute Gasteiger partial charge is 0.466 e. The molecule has 3 N–H and O–H groups in total. The number of esters is 3. The zero-order chi connectivity index (χ0) is 29.3. The number of hydrogen-bond donors (Lipinski definition) is 3. The van der Waals surface area contributed by atoms with Crippen molar-refractivity contribution in [2.24, 2.45) is 23.7 Å². The quantitative estimate of drug-likeness (QED) is 0.232. The molecular formula is C29H46O10. The van der Waals surface area contributed by atoms with Crippen LogP contribution in [0.1, 0.15) is 80.1 Å². The van der Waals surface area contributed by atoms with Crippen LogP contribution in [0.25, 0.3) is 0 Å². The van der Waals surface area contributed by atoms with E-state index >= 15 is 0 Å². The normalized spacial score (nSPS) is 40.9. The smallest absolute Gasteiger partial charge is 0.306 e. The Bertz CT molecular complexity index is 931. The molecule has 0 unspecified atom stereocenters. The Hall–Kier alpha value is -2.01. The summed E-state index contributed by atoms with van der Waals surface area (Å²) in [5.41, 5.74) is -2.54. The second-order valence-corrected chi connectivity index (χ2v) is 12.1. The van der Waals surface area contributed by atoms with Crippen LogP contribution in [0.4, 0.5) is 0 Å². The molecule has 0 aromatic rings. The molecule has 3 rings (SSSR count). The monoisotopic (exact) mass is 554 g/mol. The molecule has 0 radical (unpaired) electrons. The molecule has 2 heterocycles. The Morgan fingerprint density at radius 2 is 1.85 bits per heavy atom. The van der Waals surface area contributed by atoms with Crippen molar-refractivity contribution in [1.29, 1.82) is 0 Å². The van der Waals surface area contributed by atoms with Gasteiger partial charge in [0.1, 0.15) is 29.5 Å². The van der Waals surface area contributed by atoms with Crippen LogP contribution in [0.3, 0.4) is 0 Å². The predicted octanol–water partition coefficient (Wildman–Crippen LogP) is 2.45. The maximum atomic E-state index is 12.8. The van der Waals surface area contributed by atoms with E-state index in [9.17, 15) is 29.7 Å². The van der Waals surface area contributed by atoms with Gasteiger partial charge in [-0.3, -0.25) is 14.4 Å². The summed E-state index contributed by atoms with van der Waals surface area (Å²) in [7, 11) is 0. The molecule has 1 aliphatic carbocycles. The third-order valence-electron chi connectivity index (χ3n) is 9.06. The van der Waals surface area contributed by atoms with E-state index in [0.29, 0.717) is 24.8 Å². The molecule has 11 atom stereocenters. The van der Waals surface area contributed by atoms with E-state index in [0.717, 1.165) is 0 Å². The van der Waals surface area contributed by atoms with Gasteiger partial charge in [0.15, 0.2) is 0 Å². The van der Waals surface area contributed by atoms with E-state index in [4.69, 9.17) is 18.9 Å². The van der Waals surface area contributed by atoms with E-state index in [1.807, 2.05) is 13.8 Å². The highest BCUT2D eigenvalue weighted by atomic mass is 16.6. The van der Waals surface area contributed by atoms with Gasteiger partial charge in [-0.25, -0.2) is 0 Å². The van der Waals surface area contributed by atoms with E-state index in [1.54, 1.807) is 6.92 Å². The van der Waals surface area contributed by atoms with Crippen molar-refractivity contribution in [1.82, 2.24) is 0 Å². The van der Waals surface area contributed by atoms with Crippen molar-refractivity contribution >= 4 is 17.9 Å². The van der Waals surface area contributed by atoms with Crippen molar-refractivity contribution < 1.29 is 48.7 Å². The van der Waals surface area contributed by atoms with Crippen LogP contribution in [0.2, 0.25) is 0 Å². The Labute approximate surface area is 231 Å². The molecule has 10 heteroatoms. The lowest BCUT2D eigenvalue weighted by molar-refractivity contribution is -0.191. The Morgan fingerprint density at radius 1 is 1.18 bits per heavy atom. The van der Waals surface area contributed by atoms with Gasteiger partial charge in [0.05, 0.1) is 18.8 Å². The minimum Gasteiger partial charge on any atom is -0.466 e. The average molecular weight is 555 g/mol. The summed E-state index contributed by atoms with van der Waals surface area (Å²) in [6, 6.07) is 0. The summed E-state index contributed by atoms with van der Waals surface area (Å²) in [6.45, 7) is 14.2. The first-order valence-electron chi connectivity index (χ1n) is 14.1. The van der Waals surface area contributed by atoms with E-state index in [1.165, 1.54) is 20.8 Å². The summed E-state index contributed by atoms with van der Waals surface area (Å²) in [6.07, 6.45) is -3.10. The fraction of sp³-hybridized carbons (Fsp3) is 0.828. The molecule has 2 bridgehead atoms. The lowest BCUT2D eigenvalue weighted by Crippen LogP contribution is -2.58. The van der Waals surface area contributed by atoms with Crippen molar-refractivity contribution in [2.75, 3.05) is 6.61 Å². The maximum absolute atomic E-state index is 12.8.